The number of rotatable bonds is 8. The highest BCUT2D eigenvalue weighted by Crippen LogP contribution is 2.33. The number of nitrogens with zero attached hydrogens (tertiary/aromatic N) is 1. The van der Waals surface area contributed by atoms with E-state index in [1.165, 1.54) is 0 Å². The number of carboxylic acid groups (broad SMARTS) is 1. The summed E-state index contributed by atoms with van der Waals surface area (Å²) in [4.78, 5) is 28.1. The van der Waals surface area contributed by atoms with Gasteiger partial charge in [0.1, 0.15) is 0 Å². The maximum Gasteiger partial charge on any atom is 0.303 e. The van der Waals surface area contributed by atoms with Gasteiger partial charge in [-0.05, 0) is 36.8 Å². The van der Waals surface area contributed by atoms with Crippen LogP contribution in [0.25, 0.3) is 22.2 Å². The smallest absolute Gasteiger partial charge is 0.303 e. The molecule has 29 heavy (non-hydrogen) atoms. The Kier molecular flexibility index (Phi) is 6.29. The van der Waals surface area contributed by atoms with E-state index in [0.717, 1.165) is 10.9 Å². The molecule has 0 saturated carbocycles. The maximum absolute atomic E-state index is 12.8. The van der Waals surface area contributed by atoms with Crippen LogP contribution in [0.2, 0.25) is 0 Å². The first-order valence-electron chi connectivity index (χ1n) is 9.15. The summed E-state index contributed by atoms with van der Waals surface area (Å²) in [6, 6.07) is 14.6. The van der Waals surface area contributed by atoms with Crippen LogP contribution in [0.1, 0.15) is 23.2 Å². The van der Waals surface area contributed by atoms with Gasteiger partial charge >= 0.3 is 5.97 Å². The quantitative estimate of drug-likeness (QED) is 0.568. The van der Waals surface area contributed by atoms with Gasteiger partial charge in [0.05, 0.1) is 31.0 Å². The normalized spacial score (nSPS) is 10.6. The zero-order valence-corrected chi connectivity index (χ0v) is 16.3. The van der Waals surface area contributed by atoms with E-state index in [4.69, 9.17) is 14.6 Å². The number of methoxy groups -OCH3 is 2. The topological polar surface area (TPSA) is 97.8 Å². The Balaban J connectivity index is 1.98. The first-order valence-corrected chi connectivity index (χ1v) is 9.15. The van der Waals surface area contributed by atoms with E-state index in [-0.39, 0.29) is 18.9 Å². The van der Waals surface area contributed by atoms with Crippen molar-refractivity contribution in [2.45, 2.75) is 12.8 Å². The third-order valence-electron chi connectivity index (χ3n) is 4.49. The number of fused-ring (bicyclic) bond motifs is 1. The van der Waals surface area contributed by atoms with Crippen molar-refractivity contribution in [3.8, 4) is 22.8 Å². The molecule has 0 spiro atoms. The number of ether oxygens (including phenoxy) is 2. The summed E-state index contributed by atoms with van der Waals surface area (Å²) in [6.07, 6.45) is 0.376. The summed E-state index contributed by atoms with van der Waals surface area (Å²) in [5, 5.41) is 12.3. The SMILES string of the molecule is COc1ccc(-c2cc(C(=O)NCCCC(=O)O)c3ccccc3n2)cc1OC. The summed E-state index contributed by atoms with van der Waals surface area (Å²) in [5.41, 5.74) is 2.58. The van der Waals surface area contributed by atoms with Crippen molar-refractivity contribution in [3.05, 3.63) is 54.1 Å². The number of para-hydroxylation sites is 1. The summed E-state index contributed by atoms with van der Waals surface area (Å²) in [6.45, 7) is 0.285. The lowest BCUT2D eigenvalue weighted by molar-refractivity contribution is -0.137. The Morgan fingerprint density at radius 2 is 1.79 bits per heavy atom. The van der Waals surface area contributed by atoms with E-state index in [0.29, 0.717) is 34.7 Å². The molecule has 0 saturated heterocycles. The van der Waals surface area contributed by atoms with E-state index in [1.54, 1.807) is 26.4 Å². The minimum Gasteiger partial charge on any atom is -0.493 e. The lowest BCUT2D eigenvalue weighted by Crippen LogP contribution is -2.25. The van der Waals surface area contributed by atoms with Gasteiger partial charge in [-0.1, -0.05) is 18.2 Å². The lowest BCUT2D eigenvalue weighted by atomic mass is 10.0. The number of hydrogen-bond acceptors (Lipinski definition) is 5. The van der Waals surface area contributed by atoms with Gasteiger partial charge in [-0.2, -0.15) is 0 Å². The van der Waals surface area contributed by atoms with E-state index in [9.17, 15) is 9.59 Å². The monoisotopic (exact) mass is 394 g/mol. The molecule has 150 valence electrons. The number of carbonyl (C=O) groups excluding carboxylic acids is 1. The highest BCUT2D eigenvalue weighted by Gasteiger charge is 2.15. The van der Waals surface area contributed by atoms with Crippen LogP contribution in [0.4, 0.5) is 0 Å². The molecule has 3 aromatic rings. The molecule has 1 aromatic heterocycles. The molecule has 1 heterocycles. The summed E-state index contributed by atoms with van der Waals surface area (Å²) >= 11 is 0. The van der Waals surface area contributed by atoms with Gasteiger partial charge in [-0.3, -0.25) is 9.59 Å². The Morgan fingerprint density at radius 3 is 2.52 bits per heavy atom. The Morgan fingerprint density at radius 1 is 1.03 bits per heavy atom. The van der Waals surface area contributed by atoms with Crippen LogP contribution >= 0.6 is 0 Å². The fourth-order valence-electron chi connectivity index (χ4n) is 3.04. The van der Waals surface area contributed by atoms with E-state index in [2.05, 4.69) is 10.3 Å². The number of pyridine rings is 1. The molecule has 0 fully saturated rings. The predicted octanol–water partition coefficient (Wildman–Crippen LogP) is 3.51. The van der Waals surface area contributed by atoms with E-state index in [1.807, 2.05) is 36.4 Å². The first-order chi connectivity index (χ1) is 14.0. The van der Waals surface area contributed by atoms with Gasteiger partial charge in [0, 0.05) is 23.9 Å². The molecule has 2 N–H and O–H groups in total. The minimum absolute atomic E-state index is 0.00820. The number of nitrogens with one attached hydrogen (secondary N) is 1. The number of aliphatic carboxylic acids is 1. The molecule has 7 nitrogen and oxygen atoms in total. The van der Waals surface area contributed by atoms with Crippen molar-refractivity contribution < 1.29 is 24.2 Å². The predicted molar refractivity (Wildman–Crippen MR) is 109 cm³/mol. The molecule has 7 heteroatoms. The second-order valence-corrected chi connectivity index (χ2v) is 6.40. The lowest BCUT2D eigenvalue weighted by Gasteiger charge is -2.12. The molecule has 0 unspecified atom stereocenters. The number of amides is 1. The number of benzene rings is 2. The van der Waals surface area contributed by atoms with Crippen LogP contribution in [-0.2, 0) is 4.79 Å². The fraction of sp³-hybridized carbons (Fsp3) is 0.227. The highest BCUT2D eigenvalue weighted by atomic mass is 16.5. The second-order valence-electron chi connectivity index (χ2n) is 6.40. The molecule has 0 atom stereocenters. The van der Waals surface area contributed by atoms with Gasteiger partial charge in [0.2, 0.25) is 0 Å². The van der Waals surface area contributed by atoms with Crippen LogP contribution in [0.3, 0.4) is 0 Å². The number of aromatic nitrogens is 1. The van der Waals surface area contributed by atoms with Crippen LogP contribution in [-0.4, -0.2) is 42.7 Å². The molecule has 0 aliphatic carbocycles. The van der Waals surface area contributed by atoms with Gasteiger partial charge in [0.15, 0.2) is 11.5 Å². The fourth-order valence-corrected chi connectivity index (χ4v) is 3.04. The standard InChI is InChI=1S/C22H22N2O5/c1-28-19-10-9-14(12-20(19)29-2)18-13-16(15-6-3-4-7-17(15)24-18)22(27)23-11-5-8-21(25)26/h3-4,6-7,9-10,12-13H,5,8,11H2,1-2H3,(H,23,27)(H,25,26). The maximum atomic E-state index is 12.8. The zero-order chi connectivity index (χ0) is 20.8. The Hall–Kier alpha value is -3.61. The average Bonchev–Trinajstić information content (AvgIpc) is 2.75. The van der Waals surface area contributed by atoms with Crippen LogP contribution in [0.15, 0.2) is 48.5 Å². The van der Waals surface area contributed by atoms with Crippen molar-refractivity contribution >= 4 is 22.8 Å². The molecule has 2 aromatic carbocycles. The summed E-state index contributed by atoms with van der Waals surface area (Å²) < 4.78 is 10.6. The molecule has 0 radical (unpaired) electrons. The van der Waals surface area contributed by atoms with E-state index < -0.39 is 5.97 Å². The third kappa shape index (κ3) is 4.63. The number of carboxylic acids is 1. The van der Waals surface area contributed by atoms with Crippen molar-refractivity contribution in [3.63, 3.8) is 0 Å². The first kappa shape index (κ1) is 20.1. The van der Waals surface area contributed by atoms with Gasteiger partial charge in [-0.25, -0.2) is 4.98 Å². The highest BCUT2D eigenvalue weighted by molar-refractivity contribution is 6.07. The average molecular weight is 394 g/mol. The second kappa shape index (κ2) is 9.05. The van der Waals surface area contributed by atoms with Crippen molar-refractivity contribution in [1.29, 1.82) is 0 Å². The molecule has 0 bridgehead atoms. The molecule has 3 rings (SSSR count). The number of carbonyl (C=O) groups is 2. The van der Waals surface area contributed by atoms with Crippen LogP contribution < -0.4 is 14.8 Å². The molecule has 0 aliphatic rings. The van der Waals surface area contributed by atoms with Crippen molar-refractivity contribution in [2.24, 2.45) is 0 Å². The molecular weight excluding hydrogens is 372 g/mol. The van der Waals surface area contributed by atoms with Crippen LogP contribution in [0, 0.1) is 0 Å². The van der Waals surface area contributed by atoms with Gasteiger partial charge in [-0.15, -0.1) is 0 Å². The molecule has 0 aliphatic heterocycles. The van der Waals surface area contributed by atoms with Crippen molar-refractivity contribution in [2.75, 3.05) is 20.8 Å². The van der Waals surface area contributed by atoms with Crippen LogP contribution in [0.5, 0.6) is 11.5 Å². The zero-order valence-electron chi connectivity index (χ0n) is 16.3. The number of hydrogen-bond donors (Lipinski definition) is 2. The van der Waals surface area contributed by atoms with Gasteiger partial charge < -0.3 is 19.9 Å². The molecule has 1 amide bonds. The summed E-state index contributed by atoms with van der Waals surface area (Å²) in [5.74, 6) is 0.0214. The molecular formula is C22H22N2O5. The third-order valence-corrected chi connectivity index (χ3v) is 4.49. The van der Waals surface area contributed by atoms with Gasteiger partial charge in [0.25, 0.3) is 5.91 Å². The minimum atomic E-state index is -0.885. The van der Waals surface area contributed by atoms with Crippen molar-refractivity contribution in [1.82, 2.24) is 10.3 Å². The Labute approximate surface area is 168 Å². The Bertz CT molecular complexity index is 1050. The van der Waals surface area contributed by atoms with E-state index >= 15 is 0 Å². The summed E-state index contributed by atoms with van der Waals surface area (Å²) in [7, 11) is 3.13. The largest absolute Gasteiger partial charge is 0.493 e.